The fourth-order valence-corrected chi connectivity index (χ4v) is 3.33. The van der Waals surface area contributed by atoms with E-state index in [4.69, 9.17) is 5.26 Å². The van der Waals surface area contributed by atoms with Crippen LogP contribution in [-0.2, 0) is 9.59 Å². The number of anilines is 1. The van der Waals surface area contributed by atoms with Gasteiger partial charge in [-0.2, -0.15) is 5.26 Å². The molecule has 26 heavy (non-hydrogen) atoms. The second kappa shape index (κ2) is 7.49. The summed E-state index contributed by atoms with van der Waals surface area (Å²) in [6.45, 7) is 3.60. The lowest BCUT2D eigenvalue weighted by Gasteiger charge is -2.36. The van der Waals surface area contributed by atoms with Crippen LogP contribution < -0.4 is 4.90 Å². The fraction of sp³-hybridized carbons (Fsp3) is 0.471. The third kappa shape index (κ3) is 3.65. The summed E-state index contributed by atoms with van der Waals surface area (Å²) in [5.41, 5.74) is 0.711. The molecule has 2 fully saturated rings. The third-order valence-electron chi connectivity index (χ3n) is 4.81. The molecule has 2 amide bonds. The average molecular weight is 357 g/mol. The van der Waals surface area contributed by atoms with Crippen LogP contribution in [0.1, 0.15) is 18.4 Å². The Labute approximate surface area is 150 Å². The normalized spacial score (nSPS) is 18.3. The predicted molar refractivity (Wildman–Crippen MR) is 92.4 cm³/mol. The van der Waals surface area contributed by atoms with Crippen LogP contribution in [0.5, 0.6) is 0 Å². The number of imide groups is 1. The topological polar surface area (TPSA) is 111 Å². The summed E-state index contributed by atoms with van der Waals surface area (Å²) in [5, 5.41) is 20.2. The van der Waals surface area contributed by atoms with E-state index in [0.717, 1.165) is 0 Å². The van der Waals surface area contributed by atoms with E-state index in [-0.39, 0.29) is 23.1 Å². The summed E-state index contributed by atoms with van der Waals surface area (Å²) in [6, 6.07) is 6.42. The van der Waals surface area contributed by atoms with Crippen molar-refractivity contribution in [2.45, 2.75) is 12.8 Å². The second-order valence-corrected chi connectivity index (χ2v) is 6.34. The molecule has 0 spiro atoms. The predicted octanol–water partition coefficient (Wildman–Crippen LogP) is 0.737. The first kappa shape index (κ1) is 17.8. The molecule has 0 aromatic heterocycles. The van der Waals surface area contributed by atoms with Crippen molar-refractivity contribution in [3.63, 3.8) is 0 Å². The molecule has 2 aliphatic heterocycles. The van der Waals surface area contributed by atoms with E-state index in [9.17, 15) is 19.7 Å². The highest BCUT2D eigenvalue weighted by molar-refractivity contribution is 6.01. The molecule has 136 valence electrons. The Morgan fingerprint density at radius 3 is 2.31 bits per heavy atom. The van der Waals surface area contributed by atoms with Gasteiger partial charge in [0, 0.05) is 58.2 Å². The van der Waals surface area contributed by atoms with Gasteiger partial charge < -0.3 is 4.90 Å². The van der Waals surface area contributed by atoms with Crippen molar-refractivity contribution in [3.8, 4) is 6.07 Å². The van der Waals surface area contributed by atoms with E-state index >= 15 is 0 Å². The van der Waals surface area contributed by atoms with Crippen molar-refractivity contribution in [2.24, 2.45) is 0 Å². The molecular weight excluding hydrogens is 338 g/mol. The molecule has 0 atom stereocenters. The van der Waals surface area contributed by atoms with Crippen molar-refractivity contribution < 1.29 is 14.5 Å². The maximum Gasteiger partial charge on any atom is 0.293 e. The SMILES string of the molecule is N#Cc1ccc(N2CCN(CCN3C(=O)CCC3=O)CC2)c([N+](=O)[O-])c1. The summed E-state index contributed by atoms with van der Waals surface area (Å²) < 4.78 is 0. The van der Waals surface area contributed by atoms with E-state index in [2.05, 4.69) is 4.90 Å². The summed E-state index contributed by atoms with van der Waals surface area (Å²) in [5.74, 6) is -0.219. The molecular formula is C17H19N5O4. The fourth-order valence-electron chi connectivity index (χ4n) is 3.33. The van der Waals surface area contributed by atoms with Crippen molar-refractivity contribution in [2.75, 3.05) is 44.2 Å². The quantitative estimate of drug-likeness (QED) is 0.434. The van der Waals surface area contributed by atoms with Crippen LogP contribution in [-0.4, -0.2) is 65.8 Å². The number of hydrogen-bond acceptors (Lipinski definition) is 7. The average Bonchev–Trinajstić information content (AvgIpc) is 2.97. The first-order valence-electron chi connectivity index (χ1n) is 8.48. The molecule has 1 aromatic carbocycles. The highest BCUT2D eigenvalue weighted by Crippen LogP contribution is 2.29. The Bertz CT molecular complexity index is 764. The lowest BCUT2D eigenvalue weighted by molar-refractivity contribution is -0.384. The van der Waals surface area contributed by atoms with Crippen LogP contribution in [0.2, 0.25) is 0 Å². The van der Waals surface area contributed by atoms with E-state index in [0.29, 0.717) is 57.8 Å². The molecule has 0 saturated carbocycles. The first-order chi connectivity index (χ1) is 12.5. The van der Waals surface area contributed by atoms with Gasteiger partial charge in [-0.3, -0.25) is 29.5 Å². The van der Waals surface area contributed by atoms with E-state index < -0.39 is 4.92 Å². The molecule has 0 N–H and O–H groups in total. The summed E-state index contributed by atoms with van der Waals surface area (Å²) in [4.78, 5) is 39.5. The van der Waals surface area contributed by atoms with Gasteiger partial charge in [0.25, 0.3) is 5.69 Å². The number of benzene rings is 1. The number of nitriles is 1. The van der Waals surface area contributed by atoms with E-state index in [1.807, 2.05) is 11.0 Å². The zero-order valence-corrected chi connectivity index (χ0v) is 14.3. The maximum atomic E-state index is 11.6. The minimum atomic E-state index is -0.465. The molecule has 0 radical (unpaired) electrons. The van der Waals surface area contributed by atoms with Gasteiger partial charge in [-0.15, -0.1) is 0 Å². The Morgan fingerprint density at radius 1 is 1.08 bits per heavy atom. The van der Waals surface area contributed by atoms with Crippen LogP contribution in [0.4, 0.5) is 11.4 Å². The molecule has 9 nitrogen and oxygen atoms in total. The Hall–Kier alpha value is -2.99. The van der Waals surface area contributed by atoms with Crippen LogP contribution >= 0.6 is 0 Å². The molecule has 2 saturated heterocycles. The van der Waals surface area contributed by atoms with Gasteiger partial charge in [0.15, 0.2) is 0 Å². The molecule has 1 aromatic rings. The van der Waals surface area contributed by atoms with Crippen molar-refractivity contribution in [3.05, 3.63) is 33.9 Å². The highest BCUT2D eigenvalue weighted by atomic mass is 16.6. The number of likely N-dealkylation sites (tertiary alicyclic amines) is 1. The van der Waals surface area contributed by atoms with E-state index in [1.54, 1.807) is 12.1 Å². The van der Waals surface area contributed by atoms with Gasteiger partial charge >= 0.3 is 0 Å². The van der Waals surface area contributed by atoms with Crippen LogP contribution in [0, 0.1) is 21.4 Å². The minimum Gasteiger partial charge on any atom is -0.363 e. The molecule has 0 aliphatic carbocycles. The molecule has 2 heterocycles. The zero-order chi connectivity index (χ0) is 18.7. The van der Waals surface area contributed by atoms with Crippen molar-refractivity contribution in [1.82, 2.24) is 9.80 Å². The monoisotopic (exact) mass is 357 g/mol. The molecule has 3 rings (SSSR count). The molecule has 2 aliphatic rings. The van der Waals surface area contributed by atoms with Crippen LogP contribution in [0.15, 0.2) is 18.2 Å². The van der Waals surface area contributed by atoms with Crippen LogP contribution in [0.3, 0.4) is 0 Å². The number of rotatable bonds is 5. The maximum absolute atomic E-state index is 11.6. The molecule has 0 bridgehead atoms. The van der Waals surface area contributed by atoms with Crippen molar-refractivity contribution >= 4 is 23.2 Å². The lowest BCUT2D eigenvalue weighted by atomic mass is 10.1. The number of piperazine rings is 1. The molecule has 0 unspecified atom stereocenters. The number of nitrogens with zero attached hydrogens (tertiary/aromatic N) is 5. The highest BCUT2D eigenvalue weighted by Gasteiger charge is 2.29. The van der Waals surface area contributed by atoms with Gasteiger partial charge in [-0.25, -0.2) is 0 Å². The molecule has 9 heteroatoms. The third-order valence-corrected chi connectivity index (χ3v) is 4.81. The number of nitro benzene ring substituents is 1. The smallest absolute Gasteiger partial charge is 0.293 e. The lowest BCUT2D eigenvalue weighted by Crippen LogP contribution is -2.49. The summed E-state index contributed by atoms with van der Waals surface area (Å²) in [6.07, 6.45) is 0.601. The number of hydrogen-bond donors (Lipinski definition) is 0. The van der Waals surface area contributed by atoms with Crippen LogP contribution in [0.25, 0.3) is 0 Å². The van der Waals surface area contributed by atoms with Gasteiger partial charge in [-0.1, -0.05) is 0 Å². The number of carbonyl (C=O) groups is 2. The number of amides is 2. The second-order valence-electron chi connectivity index (χ2n) is 6.34. The van der Waals surface area contributed by atoms with E-state index in [1.165, 1.54) is 11.0 Å². The Morgan fingerprint density at radius 2 is 1.73 bits per heavy atom. The standard InChI is InChI=1S/C17H19N5O4/c18-12-13-1-2-14(15(11-13)22(25)26)20-8-5-19(6-9-20)7-10-21-16(23)3-4-17(21)24/h1-2,11H,3-10H2. The van der Waals surface area contributed by atoms with Crippen molar-refractivity contribution in [1.29, 1.82) is 5.26 Å². The zero-order valence-electron chi connectivity index (χ0n) is 14.3. The van der Waals surface area contributed by atoms with Gasteiger partial charge in [0.1, 0.15) is 5.69 Å². The summed E-state index contributed by atoms with van der Waals surface area (Å²) in [7, 11) is 0. The Kier molecular flexibility index (Phi) is 5.14. The number of nitro groups is 1. The van der Waals surface area contributed by atoms with Gasteiger partial charge in [-0.05, 0) is 12.1 Å². The minimum absolute atomic E-state index is 0.0641. The van der Waals surface area contributed by atoms with Gasteiger partial charge in [0.2, 0.25) is 11.8 Å². The Balaban J connectivity index is 1.59. The largest absolute Gasteiger partial charge is 0.363 e. The summed E-state index contributed by atoms with van der Waals surface area (Å²) >= 11 is 0. The first-order valence-corrected chi connectivity index (χ1v) is 8.48. The number of carbonyl (C=O) groups excluding carboxylic acids is 2. The van der Waals surface area contributed by atoms with Gasteiger partial charge in [0.05, 0.1) is 16.6 Å².